The van der Waals surface area contributed by atoms with Crippen molar-refractivity contribution < 1.29 is 0 Å². The molecule has 290 valence electrons. The molecule has 2 heteroatoms. The van der Waals surface area contributed by atoms with Gasteiger partial charge >= 0.3 is 0 Å². The second-order valence-corrected chi connectivity index (χ2v) is 16.6. The minimum atomic E-state index is -0.218. The van der Waals surface area contributed by atoms with Crippen molar-refractivity contribution in [2.45, 2.75) is 19.3 Å². The number of aromatic amines is 1. The number of fused-ring (bicyclic) bond motifs is 4. The summed E-state index contributed by atoms with van der Waals surface area (Å²) in [5.74, 6) is 0. The van der Waals surface area contributed by atoms with Crippen LogP contribution in [0.15, 0.2) is 224 Å². The van der Waals surface area contributed by atoms with Crippen LogP contribution in [0.3, 0.4) is 0 Å². The Kier molecular flexibility index (Phi) is 8.86. The molecule has 1 N–H and O–H groups in total. The molecule has 1 aromatic heterocycles. The Bertz CT molecular complexity index is 3080. The topological polar surface area (TPSA) is 19.0 Å². The third-order valence-corrected chi connectivity index (χ3v) is 12.6. The number of hydrogen-bond acceptors (Lipinski definition) is 1. The van der Waals surface area contributed by atoms with Crippen LogP contribution in [-0.2, 0) is 5.41 Å². The highest BCUT2D eigenvalue weighted by atomic mass is 15.1. The molecule has 0 saturated carbocycles. The molecule has 0 fully saturated rings. The summed E-state index contributed by atoms with van der Waals surface area (Å²) in [6.07, 6.45) is 0. The van der Waals surface area contributed by atoms with Crippen LogP contribution in [0, 0.1) is 0 Å². The fraction of sp³-hybridized carbons (Fsp3) is 0.0508. The summed E-state index contributed by atoms with van der Waals surface area (Å²) in [5.41, 5.74) is 21.6. The number of H-pyrrole nitrogens is 1. The smallest absolute Gasteiger partial charge is 0.0544 e. The minimum Gasteiger partial charge on any atom is -0.354 e. The average molecular weight is 781 g/mol. The first kappa shape index (κ1) is 36.4. The minimum absolute atomic E-state index is 0.218. The summed E-state index contributed by atoms with van der Waals surface area (Å²) in [6, 6.07) is 81.6. The zero-order chi connectivity index (χ0) is 40.9. The normalized spacial score (nSPS) is 12.6. The van der Waals surface area contributed by atoms with Crippen molar-refractivity contribution >= 4 is 28.0 Å². The van der Waals surface area contributed by atoms with Gasteiger partial charge in [0.1, 0.15) is 0 Å². The van der Waals surface area contributed by atoms with Crippen LogP contribution < -0.4 is 4.90 Å². The van der Waals surface area contributed by atoms with E-state index in [1.165, 1.54) is 77.7 Å². The highest BCUT2D eigenvalue weighted by Crippen LogP contribution is 2.52. The predicted octanol–water partition coefficient (Wildman–Crippen LogP) is 16.3. The van der Waals surface area contributed by atoms with Gasteiger partial charge in [0, 0.05) is 38.9 Å². The predicted molar refractivity (Wildman–Crippen MR) is 258 cm³/mol. The number of rotatable bonds is 8. The molecule has 0 saturated heterocycles. The van der Waals surface area contributed by atoms with E-state index in [0.717, 1.165) is 28.3 Å². The first-order chi connectivity index (χ1) is 30.0. The number of aromatic nitrogens is 1. The van der Waals surface area contributed by atoms with Gasteiger partial charge < -0.3 is 9.88 Å². The van der Waals surface area contributed by atoms with Crippen LogP contribution in [-0.4, -0.2) is 4.98 Å². The van der Waals surface area contributed by atoms with Gasteiger partial charge in [-0.1, -0.05) is 184 Å². The Hall–Kier alpha value is -7.68. The number of benzene rings is 9. The summed E-state index contributed by atoms with van der Waals surface area (Å²) in [5, 5.41) is 1.23. The number of anilines is 3. The van der Waals surface area contributed by atoms with Gasteiger partial charge in [-0.15, -0.1) is 0 Å². The first-order valence-electron chi connectivity index (χ1n) is 21.2. The molecule has 0 amide bonds. The summed E-state index contributed by atoms with van der Waals surface area (Å²) >= 11 is 0. The Morgan fingerprint density at radius 2 is 0.754 bits per heavy atom. The van der Waals surface area contributed by atoms with Crippen molar-refractivity contribution in [3.8, 4) is 66.9 Å². The molecule has 0 unspecified atom stereocenters. The fourth-order valence-corrected chi connectivity index (χ4v) is 9.46. The van der Waals surface area contributed by atoms with Crippen LogP contribution in [0.2, 0.25) is 0 Å². The quantitative estimate of drug-likeness (QED) is 0.163. The summed E-state index contributed by atoms with van der Waals surface area (Å²) < 4.78 is 0. The highest BCUT2D eigenvalue weighted by molar-refractivity contribution is 6.05. The van der Waals surface area contributed by atoms with E-state index < -0.39 is 0 Å². The lowest BCUT2D eigenvalue weighted by atomic mass is 9.81. The third kappa shape index (κ3) is 6.45. The van der Waals surface area contributed by atoms with Gasteiger partial charge in [-0.05, 0) is 121 Å². The van der Waals surface area contributed by atoms with Gasteiger partial charge in [-0.25, -0.2) is 0 Å². The summed E-state index contributed by atoms with van der Waals surface area (Å²) in [7, 11) is 0. The molecular formula is C59H44N2. The van der Waals surface area contributed by atoms with E-state index in [0.29, 0.717) is 0 Å². The van der Waals surface area contributed by atoms with Crippen LogP contribution in [0.1, 0.15) is 25.0 Å². The maximum Gasteiger partial charge on any atom is 0.0544 e. The molecule has 0 aliphatic heterocycles. The van der Waals surface area contributed by atoms with Crippen molar-refractivity contribution in [2.75, 3.05) is 4.90 Å². The van der Waals surface area contributed by atoms with Gasteiger partial charge in [0.2, 0.25) is 0 Å². The van der Waals surface area contributed by atoms with Crippen LogP contribution in [0.25, 0.3) is 77.8 Å². The van der Waals surface area contributed by atoms with Crippen molar-refractivity contribution in [1.29, 1.82) is 0 Å². The summed E-state index contributed by atoms with van der Waals surface area (Å²) in [4.78, 5) is 6.18. The second-order valence-electron chi connectivity index (χ2n) is 16.6. The zero-order valence-electron chi connectivity index (χ0n) is 34.3. The molecule has 61 heavy (non-hydrogen) atoms. The number of hydrogen-bond donors (Lipinski definition) is 1. The molecule has 1 aliphatic carbocycles. The number of nitrogens with zero attached hydrogens (tertiary/aromatic N) is 1. The monoisotopic (exact) mass is 780 g/mol. The van der Waals surface area contributed by atoms with Crippen molar-refractivity contribution in [3.05, 3.63) is 236 Å². The molecule has 1 aliphatic rings. The van der Waals surface area contributed by atoms with Crippen molar-refractivity contribution in [2.24, 2.45) is 0 Å². The van der Waals surface area contributed by atoms with Crippen molar-refractivity contribution in [3.63, 3.8) is 0 Å². The molecule has 10 aromatic rings. The lowest BCUT2D eigenvalue weighted by Gasteiger charge is -2.28. The van der Waals surface area contributed by atoms with Crippen molar-refractivity contribution in [1.82, 2.24) is 4.98 Å². The van der Waals surface area contributed by atoms with Gasteiger partial charge in [0.05, 0.1) is 5.69 Å². The second kappa shape index (κ2) is 14.9. The SMILES string of the molecule is CC1(C)c2cc(-c3ccc4[nH]c(-c5ccccc5)c(-c5ccccc5)c4c3)ccc2-c2ccc(N(c3ccc(-c4ccccc4)cc3)c3ccc(-c4ccccc4)cc3)cc21. The van der Waals surface area contributed by atoms with Gasteiger partial charge in [0.15, 0.2) is 0 Å². The van der Waals surface area contributed by atoms with Crippen LogP contribution >= 0.6 is 0 Å². The largest absolute Gasteiger partial charge is 0.354 e. The van der Waals surface area contributed by atoms with Crippen LogP contribution in [0.5, 0.6) is 0 Å². The Labute approximate surface area is 358 Å². The standard InChI is InChI=1S/C59H44N2/c1-59(2)54-38-47(46-28-36-56-53(37-46)57(44-19-11-5-12-20-44)58(60-56)45-21-13-6-14-22-45)27-34-51(54)52-35-33-50(39-55(52)59)61(48-29-23-42(24-30-48)40-15-7-3-8-16-40)49-31-25-43(26-32-49)41-17-9-4-10-18-41/h3-39,60H,1-2H3. The average Bonchev–Trinajstić information content (AvgIpc) is 3.82. The van der Waals surface area contributed by atoms with E-state index in [2.05, 4.69) is 248 Å². The molecule has 1 heterocycles. The van der Waals surface area contributed by atoms with E-state index in [1.807, 2.05) is 0 Å². The Balaban J connectivity index is 0.982. The molecule has 0 radical (unpaired) electrons. The lowest BCUT2D eigenvalue weighted by molar-refractivity contribution is 0.660. The van der Waals surface area contributed by atoms with Gasteiger partial charge in [0.25, 0.3) is 0 Å². The van der Waals surface area contributed by atoms with Crippen LogP contribution in [0.4, 0.5) is 17.1 Å². The fourth-order valence-electron chi connectivity index (χ4n) is 9.46. The van der Waals surface area contributed by atoms with E-state index in [4.69, 9.17) is 0 Å². The molecule has 0 bridgehead atoms. The highest BCUT2D eigenvalue weighted by Gasteiger charge is 2.36. The molecule has 2 nitrogen and oxygen atoms in total. The maximum absolute atomic E-state index is 3.78. The van der Waals surface area contributed by atoms with Gasteiger partial charge in [-0.2, -0.15) is 0 Å². The lowest BCUT2D eigenvalue weighted by Crippen LogP contribution is -2.16. The van der Waals surface area contributed by atoms with E-state index in [-0.39, 0.29) is 5.41 Å². The van der Waals surface area contributed by atoms with E-state index in [9.17, 15) is 0 Å². The molecule has 9 aromatic carbocycles. The molecule has 0 spiro atoms. The number of nitrogens with one attached hydrogen (secondary N) is 1. The Morgan fingerprint density at radius 3 is 1.31 bits per heavy atom. The molecule has 0 atom stereocenters. The Morgan fingerprint density at radius 1 is 0.344 bits per heavy atom. The zero-order valence-corrected chi connectivity index (χ0v) is 34.3. The molecule has 11 rings (SSSR count). The summed E-state index contributed by atoms with van der Waals surface area (Å²) in [6.45, 7) is 4.77. The first-order valence-corrected chi connectivity index (χ1v) is 21.2. The van der Waals surface area contributed by atoms with E-state index in [1.54, 1.807) is 0 Å². The third-order valence-electron chi connectivity index (χ3n) is 12.6. The van der Waals surface area contributed by atoms with Gasteiger partial charge in [-0.3, -0.25) is 0 Å². The maximum atomic E-state index is 3.78. The molecular weight excluding hydrogens is 737 g/mol. The van der Waals surface area contributed by atoms with E-state index >= 15 is 0 Å².